The maximum atomic E-state index is 13.0. The molecule has 0 amide bonds. The van der Waals surface area contributed by atoms with E-state index in [9.17, 15) is 4.39 Å². The molecular formula is C13H14FNO. The zero-order valence-electron chi connectivity index (χ0n) is 9.08. The number of hydrogen-bond acceptors (Lipinski definition) is 2. The van der Waals surface area contributed by atoms with Gasteiger partial charge in [0.25, 0.3) is 0 Å². The molecule has 0 unspecified atom stereocenters. The second-order valence-corrected chi connectivity index (χ2v) is 4.31. The molecule has 0 radical (unpaired) electrons. The molecule has 3 heteroatoms. The summed E-state index contributed by atoms with van der Waals surface area (Å²) in [5, 5.41) is 1.02. The third-order valence-electron chi connectivity index (χ3n) is 3.21. The molecule has 1 aromatic heterocycles. The fourth-order valence-electron chi connectivity index (χ4n) is 2.37. The average Bonchev–Trinajstić information content (AvgIpc) is 2.73. The van der Waals surface area contributed by atoms with E-state index in [4.69, 9.17) is 4.42 Å². The van der Waals surface area contributed by atoms with Crippen LogP contribution in [0.15, 0.2) is 28.9 Å². The van der Waals surface area contributed by atoms with E-state index in [1.165, 1.54) is 31.4 Å². The Kier molecular flexibility index (Phi) is 2.31. The van der Waals surface area contributed by atoms with Gasteiger partial charge < -0.3 is 9.32 Å². The predicted molar refractivity (Wildman–Crippen MR) is 62.2 cm³/mol. The molecule has 2 nitrogen and oxygen atoms in total. The summed E-state index contributed by atoms with van der Waals surface area (Å²) in [6.45, 7) is 2.15. The lowest BCUT2D eigenvalue weighted by Crippen LogP contribution is -2.29. The first-order chi connectivity index (χ1) is 7.84. The number of nitrogens with zero attached hydrogens (tertiary/aromatic N) is 1. The molecule has 0 atom stereocenters. The van der Waals surface area contributed by atoms with Crippen molar-refractivity contribution in [1.82, 2.24) is 0 Å². The molecule has 2 heterocycles. The molecule has 1 aliphatic rings. The van der Waals surface area contributed by atoms with Crippen molar-refractivity contribution in [3.05, 3.63) is 30.3 Å². The summed E-state index contributed by atoms with van der Waals surface area (Å²) in [7, 11) is 0. The summed E-state index contributed by atoms with van der Waals surface area (Å²) in [6.07, 6.45) is 5.51. The molecule has 0 N–H and O–H groups in total. The lowest BCUT2D eigenvalue weighted by Gasteiger charge is -2.27. The van der Waals surface area contributed by atoms with Gasteiger partial charge in [0.1, 0.15) is 17.7 Å². The van der Waals surface area contributed by atoms with Crippen LogP contribution in [0.25, 0.3) is 11.0 Å². The van der Waals surface area contributed by atoms with Crippen molar-refractivity contribution in [2.45, 2.75) is 19.3 Å². The normalized spacial score (nSPS) is 16.9. The van der Waals surface area contributed by atoms with Gasteiger partial charge in [0.15, 0.2) is 0 Å². The largest absolute Gasteiger partial charge is 0.462 e. The summed E-state index contributed by atoms with van der Waals surface area (Å²) in [5.74, 6) is -0.243. The number of hydrogen-bond donors (Lipinski definition) is 0. The average molecular weight is 219 g/mol. The Morgan fingerprint density at radius 1 is 1.12 bits per heavy atom. The van der Waals surface area contributed by atoms with Crippen LogP contribution in [0.5, 0.6) is 0 Å². The van der Waals surface area contributed by atoms with Gasteiger partial charge in [-0.3, -0.25) is 0 Å². The molecule has 0 aliphatic carbocycles. The second kappa shape index (κ2) is 3.81. The molecule has 2 aromatic rings. The summed E-state index contributed by atoms with van der Waals surface area (Å²) < 4.78 is 18.4. The third-order valence-corrected chi connectivity index (χ3v) is 3.21. The third kappa shape index (κ3) is 1.56. The summed E-state index contributed by atoms with van der Waals surface area (Å²) in [5.41, 5.74) is 1.75. The Balaban J connectivity index is 2.03. The minimum Gasteiger partial charge on any atom is -0.462 e. The monoisotopic (exact) mass is 219 g/mol. The van der Waals surface area contributed by atoms with Gasteiger partial charge in [0.2, 0.25) is 0 Å². The lowest BCUT2D eigenvalue weighted by atomic mass is 10.1. The zero-order chi connectivity index (χ0) is 11.0. The number of benzene rings is 1. The van der Waals surface area contributed by atoms with Crippen molar-refractivity contribution in [3.8, 4) is 0 Å². The number of furan rings is 1. The fraction of sp³-hybridized carbons (Fsp3) is 0.385. The molecule has 3 rings (SSSR count). The van der Waals surface area contributed by atoms with Crippen LogP contribution in [0.4, 0.5) is 10.1 Å². The quantitative estimate of drug-likeness (QED) is 0.729. The Morgan fingerprint density at radius 2 is 1.94 bits per heavy atom. The minimum atomic E-state index is -0.243. The van der Waals surface area contributed by atoms with Gasteiger partial charge in [-0.1, -0.05) is 0 Å². The highest BCUT2D eigenvalue weighted by molar-refractivity contribution is 5.91. The summed E-state index contributed by atoms with van der Waals surface area (Å²) in [6, 6.07) is 4.74. The Bertz CT molecular complexity index is 500. The molecule has 1 aliphatic heterocycles. The first kappa shape index (κ1) is 9.70. The number of rotatable bonds is 1. The topological polar surface area (TPSA) is 16.4 Å². The minimum absolute atomic E-state index is 0.243. The Labute approximate surface area is 93.7 Å². The van der Waals surface area contributed by atoms with E-state index >= 15 is 0 Å². The van der Waals surface area contributed by atoms with E-state index in [0.29, 0.717) is 5.58 Å². The van der Waals surface area contributed by atoms with E-state index in [2.05, 4.69) is 4.90 Å². The van der Waals surface area contributed by atoms with Gasteiger partial charge in [-0.25, -0.2) is 4.39 Å². The smallest absolute Gasteiger partial charge is 0.138 e. The first-order valence-corrected chi connectivity index (χ1v) is 5.76. The van der Waals surface area contributed by atoms with Gasteiger partial charge in [-0.05, 0) is 31.4 Å². The van der Waals surface area contributed by atoms with Crippen LogP contribution in [0.2, 0.25) is 0 Å². The van der Waals surface area contributed by atoms with E-state index in [1.807, 2.05) is 0 Å². The van der Waals surface area contributed by atoms with Crippen LogP contribution in [-0.4, -0.2) is 13.1 Å². The molecule has 0 spiro atoms. The van der Waals surface area contributed by atoms with E-state index in [-0.39, 0.29) is 5.82 Å². The van der Waals surface area contributed by atoms with Crippen molar-refractivity contribution in [2.75, 3.05) is 18.0 Å². The zero-order valence-corrected chi connectivity index (χ0v) is 9.08. The molecule has 84 valence electrons. The van der Waals surface area contributed by atoms with Gasteiger partial charge in [0.05, 0.1) is 5.69 Å². The second-order valence-electron chi connectivity index (χ2n) is 4.31. The van der Waals surface area contributed by atoms with Crippen LogP contribution in [-0.2, 0) is 0 Å². The van der Waals surface area contributed by atoms with Crippen LogP contribution in [0.1, 0.15) is 19.3 Å². The molecular weight excluding hydrogens is 205 g/mol. The number of anilines is 1. The summed E-state index contributed by atoms with van der Waals surface area (Å²) in [4.78, 5) is 2.33. The maximum absolute atomic E-state index is 13.0. The van der Waals surface area contributed by atoms with E-state index in [1.54, 1.807) is 12.3 Å². The standard InChI is InChI=1S/C13H14FNO/c14-10-4-5-11-12(9-16-13(11)8-10)15-6-2-1-3-7-15/h4-5,8-9H,1-3,6-7H2. The van der Waals surface area contributed by atoms with Crippen molar-refractivity contribution < 1.29 is 8.81 Å². The molecule has 0 bridgehead atoms. The van der Waals surface area contributed by atoms with Crippen molar-refractivity contribution in [3.63, 3.8) is 0 Å². The highest BCUT2D eigenvalue weighted by Gasteiger charge is 2.15. The van der Waals surface area contributed by atoms with Gasteiger partial charge in [-0.2, -0.15) is 0 Å². The first-order valence-electron chi connectivity index (χ1n) is 5.76. The Morgan fingerprint density at radius 3 is 2.75 bits per heavy atom. The summed E-state index contributed by atoms with van der Waals surface area (Å²) >= 11 is 0. The SMILES string of the molecule is Fc1ccc2c(N3CCCCC3)coc2c1. The van der Waals surface area contributed by atoms with Gasteiger partial charge in [0, 0.05) is 24.5 Å². The fourth-order valence-corrected chi connectivity index (χ4v) is 2.37. The predicted octanol–water partition coefficient (Wildman–Crippen LogP) is 3.56. The van der Waals surface area contributed by atoms with Crippen molar-refractivity contribution in [1.29, 1.82) is 0 Å². The van der Waals surface area contributed by atoms with Crippen molar-refractivity contribution >= 4 is 16.7 Å². The maximum Gasteiger partial charge on any atom is 0.138 e. The number of halogens is 1. The van der Waals surface area contributed by atoms with E-state index < -0.39 is 0 Å². The highest BCUT2D eigenvalue weighted by Crippen LogP contribution is 2.31. The van der Waals surface area contributed by atoms with Gasteiger partial charge >= 0.3 is 0 Å². The van der Waals surface area contributed by atoms with Gasteiger partial charge in [-0.15, -0.1) is 0 Å². The Hall–Kier alpha value is -1.51. The molecule has 0 saturated carbocycles. The number of fused-ring (bicyclic) bond motifs is 1. The number of piperidine rings is 1. The van der Waals surface area contributed by atoms with Crippen LogP contribution in [0.3, 0.4) is 0 Å². The van der Waals surface area contributed by atoms with Crippen LogP contribution in [0, 0.1) is 5.82 Å². The highest BCUT2D eigenvalue weighted by atomic mass is 19.1. The van der Waals surface area contributed by atoms with Crippen molar-refractivity contribution in [2.24, 2.45) is 0 Å². The van der Waals surface area contributed by atoms with E-state index in [0.717, 1.165) is 24.2 Å². The molecule has 1 aromatic carbocycles. The van der Waals surface area contributed by atoms with Crippen LogP contribution >= 0.6 is 0 Å². The molecule has 1 fully saturated rings. The van der Waals surface area contributed by atoms with Crippen LogP contribution < -0.4 is 4.90 Å². The molecule has 1 saturated heterocycles. The molecule has 16 heavy (non-hydrogen) atoms. The lowest BCUT2D eigenvalue weighted by molar-refractivity contribution is 0.568.